The van der Waals surface area contributed by atoms with E-state index in [4.69, 9.17) is 0 Å². The molecule has 3 aromatic rings. The lowest BCUT2D eigenvalue weighted by Crippen LogP contribution is -1.84. The number of fused-ring (bicyclic) bond motifs is 3. The molecular formula is C20H15NO. The fourth-order valence-electron chi connectivity index (χ4n) is 3.00. The van der Waals surface area contributed by atoms with E-state index in [0.29, 0.717) is 0 Å². The SMILES string of the molecule is Oc1ccccc1C=Nc1cccc2c1Cc1ccccc1-2. The van der Waals surface area contributed by atoms with Crippen LogP contribution < -0.4 is 0 Å². The number of hydrogen-bond donors (Lipinski definition) is 1. The second-order valence-electron chi connectivity index (χ2n) is 5.45. The van der Waals surface area contributed by atoms with Crippen LogP contribution in [0.4, 0.5) is 5.69 Å². The summed E-state index contributed by atoms with van der Waals surface area (Å²) in [4.78, 5) is 4.61. The Kier molecular flexibility index (Phi) is 3.01. The van der Waals surface area contributed by atoms with E-state index < -0.39 is 0 Å². The number of rotatable bonds is 2. The number of nitrogens with zero attached hydrogens (tertiary/aromatic N) is 1. The minimum atomic E-state index is 0.252. The lowest BCUT2D eigenvalue weighted by molar-refractivity contribution is 0.474. The lowest BCUT2D eigenvalue weighted by atomic mass is 10.1. The van der Waals surface area contributed by atoms with Crippen LogP contribution in [0.2, 0.25) is 0 Å². The summed E-state index contributed by atoms with van der Waals surface area (Å²) >= 11 is 0. The Hall–Kier alpha value is -2.87. The van der Waals surface area contributed by atoms with E-state index in [0.717, 1.165) is 17.7 Å². The van der Waals surface area contributed by atoms with Crippen LogP contribution in [0.3, 0.4) is 0 Å². The first-order chi connectivity index (χ1) is 10.8. The standard InChI is InChI=1S/C20H15NO/c22-20-11-4-2-7-15(20)13-21-19-10-5-9-17-16-8-3-1-6-14(16)12-18(17)19/h1-11,13,22H,12H2. The van der Waals surface area contributed by atoms with Gasteiger partial charge in [-0.1, -0.05) is 48.5 Å². The first-order valence-electron chi connectivity index (χ1n) is 7.35. The fraction of sp³-hybridized carbons (Fsp3) is 0.0500. The van der Waals surface area contributed by atoms with Gasteiger partial charge in [0, 0.05) is 18.2 Å². The Morgan fingerprint density at radius 1 is 0.818 bits per heavy atom. The van der Waals surface area contributed by atoms with E-state index in [2.05, 4.69) is 35.3 Å². The summed E-state index contributed by atoms with van der Waals surface area (Å²) < 4.78 is 0. The molecule has 0 fully saturated rings. The summed E-state index contributed by atoms with van der Waals surface area (Å²) in [6.45, 7) is 0. The van der Waals surface area contributed by atoms with Crippen molar-refractivity contribution in [2.75, 3.05) is 0 Å². The molecule has 0 saturated carbocycles. The van der Waals surface area contributed by atoms with Crippen LogP contribution in [0, 0.1) is 0 Å². The van der Waals surface area contributed by atoms with E-state index in [1.165, 1.54) is 22.3 Å². The molecule has 1 N–H and O–H groups in total. The summed E-state index contributed by atoms with van der Waals surface area (Å²) in [5.41, 5.74) is 6.88. The summed E-state index contributed by atoms with van der Waals surface area (Å²) in [5, 5.41) is 9.83. The second kappa shape index (κ2) is 5.15. The Labute approximate surface area is 129 Å². The first kappa shape index (κ1) is 12.8. The van der Waals surface area contributed by atoms with E-state index in [1.54, 1.807) is 12.3 Å². The highest BCUT2D eigenvalue weighted by atomic mass is 16.3. The molecule has 22 heavy (non-hydrogen) atoms. The van der Waals surface area contributed by atoms with Crippen LogP contribution in [-0.4, -0.2) is 11.3 Å². The molecule has 0 aromatic heterocycles. The van der Waals surface area contributed by atoms with Crippen LogP contribution in [-0.2, 0) is 6.42 Å². The first-order valence-corrected chi connectivity index (χ1v) is 7.35. The number of aromatic hydroxyl groups is 1. The summed E-state index contributed by atoms with van der Waals surface area (Å²) in [6.07, 6.45) is 2.65. The normalized spacial score (nSPS) is 12.4. The minimum absolute atomic E-state index is 0.252. The second-order valence-corrected chi connectivity index (χ2v) is 5.45. The molecule has 2 nitrogen and oxygen atoms in total. The number of para-hydroxylation sites is 1. The van der Waals surface area contributed by atoms with Gasteiger partial charge in [-0.3, -0.25) is 4.99 Å². The largest absolute Gasteiger partial charge is 0.507 e. The van der Waals surface area contributed by atoms with Gasteiger partial charge in [-0.2, -0.15) is 0 Å². The predicted octanol–water partition coefficient (Wildman–Crippen LogP) is 4.71. The molecule has 0 radical (unpaired) electrons. The van der Waals surface area contributed by atoms with Crippen molar-refractivity contribution >= 4 is 11.9 Å². The molecule has 106 valence electrons. The molecule has 0 heterocycles. The zero-order valence-corrected chi connectivity index (χ0v) is 12.0. The van der Waals surface area contributed by atoms with E-state index in [1.807, 2.05) is 30.3 Å². The van der Waals surface area contributed by atoms with E-state index in [9.17, 15) is 5.11 Å². The minimum Gasteiger partial charge on any atom is -0.507 e. The van der Waals surface area contributed by atoms with Crippen LogP contribution >= 0.6 is 0 Å². The zero-order valence-electron chi connectivity index (χ0n) is 12.0. The highest BCUT2D eigenvalue weighted by Crippen LogP contribution is 2.40. The molecule has 1 aliphatic carbocycles. The molecule has 4 rings (SSSR count). The van der Waals surface area contributed by atoms with Crippen molar-refractivity contribution < 1.29 is 5.11 Å². The van der Waals surface area contributed by atoms with Gasteiger partial charge in [0.15, 0.2) is 0 Å². The number of phenolic OH excluding ortho intramolecular Hbond substituents is 1. The number of benzene rings is 3. The Morgan fingerprint density at radius 3 is 2.50 bits per heavy atom. The smallest absolute Gasteiger partial charge is 0.124 e. The van der Waals surface area contributed by atoms with Gasteiger partial charge in [0.2, 0.25) is 0 Å². The molecule has 0 spiro atoms. The van der Waals surface area contributed by atoms with Gasteiger partial charge in [-0.15, -0.1) is 0 Å². The van der Waals surface area contributed by atoms with E-state index in [-0.39, 0.29) is 5.75 Å². The summed E-state index contributed by atoms with van der Waals surface area (Å²) in [5.74, 6) is 0.252. The molecule has 0 amide bonds. The quantitative estimate of drug-likeness (QED) is 0.531. The zero-order chi connectivity index (χ0) is 14.9. The van der Waals surface area contributed by atoms with Crippen LogP contribution in [0.5, 0.6) is 5.75 Å². The van der Waals surface area contributed by atoms with Crippen LogP contribution in [0.15, 0.2) is 71.7 Å². The molecule has 0 saturated heterocycles. The predicted molar refractivity (Wildman–Crippen MR) is 90.0 cm³/mol. The van der Waals surface area contributed by atoms with Gasteiger partial charge in [0.1, 0.15) is 5.75 Å². The van der Waals surface area contributed by atoms with Crippen molar-refractivity contribution in [3.63, 3.8) is 0 Å². The van der Waals surface area contributed by atoms with Crippen molar-refractivity contribution in [1.29, 1.82) is 0 Å². The maximum Gasteiger partial charge on any atom is 0.124 e. The molecule has 2 heteroatoms. The van der Waals surface area contributed by atoms with Gasteiger partial charge >= 0.3 is 0 Å². The topological polar surface area (TPSA) is 32.6 Å². The van der Waals surface area contributed by atoms with Crippen molar-refractivity contribution in [1.82, 2.24) is 0 Å². The average Bonchev–Trinajstić information content (AvgIpc) is 2.93. The molecule has 1 aliphatic rings. The molecule has 0 atom stereocenters. The highest BCUT2D eigenvalue weighted by Gasteiger charge is 2.19. The summed E-state index contributed by atoms with van der Waals surface area (Å²) in [6, 6.07) is 21.9. The third kappa shape index (κ3) is 2.09. The maximum atomic E-state index is 9.83. The Morgan fingerprint density at radius 2 is 1.59 bits per heavy atom. The van der Waals surface area contributed by atoms with Gasteiger partial charge in [0.05, 0.1) is 5.69 Å². The lowest BCUT2D eigenvalue weighted by Gasteiger charge is -2.04. The molecule has 0 bridgehead atoms. The van der Waals surface area contributed by atoms with Crippen LogP contribution in [0.1, 0.15) is 16.7 Å². The number of aliphatic imine (C=N–C) groups is 1. The summed E-state index contributed by atoms with van der Waals surface area (Å²) in [7, 11) is 0. The van der Waals surface area contributed by atoms with Gasteiger partial charge < -0.3 is 5.11 Å². The third-order valence-electron chi connectivity index (χ3n) is 4.11. The van der Waals surface area contributed by atoms with Crippen molar-refractivity contribution in [3.05, 3.63) is 83.4 Å². The van der Waals surface area contributed by atoms with E-state index >= 15 is 0 Å². The van der Waals surface area contributed by atoms with Gasteiger partial charge in [-0.05, 0) is 40.5 Å². The number of phenols is 1. The Balaban J connectivity index is 1.75. The maximum absolute atomic E-state index is 9.83. The molecule has 0 aliphatic heterocycles. The fourth-order valence-corrected chi connectivity index (χ4v) is 3.00. The van der Waals surface area contributed by atoms with Crippen molar-refractivity contribution in [2.45, 2.75) is 6.42 Å². The monoisotopic (exact) mass is 285 g/mol. The van der Waals surface area contributed by atoms with Crippen molar-refractivity contribution in [3.8, 4) is 16.9 Å². The average molecular weight is 285 g/mol. The molecule has 3 aromatic carbocycles. The van der Waals surface area contributed by atoms with Gasteiger partial charge in [0.25, 0.3) is 0 Å². The molecular weight excluding hydrogens is 270 g/mol. The van der Waals surface area contributed by atoms with Crippen molar-refractivity contribution in [2.24, 2.45) is 4.99 Å². The third-order valence-corrected chi connectivity index (χ3v) is 4.11. The van der Waals surface area contributed by atoms with Gasteiger partial charge in [-0.25, -0.2) is 0 Å². The van der Waals surface area contributed by atoms with Crippen LogP contribution in [0.25, 0.3) is 11.1 Å². The highest BCUT2D eigenvalue weighted by molar-refractivity contribution is 5.88. The molecule has 0 unspecified atom stereocenters. The number of hydrogen-bond acceptors (Lipinski definition) is 2. The Bertz CT molecular complexity index is 880.